The van der Waals surface area contributed by atoms with Gasteiger partial charge in [-0.15, -0.1) is 11.3 Å². The lowest BCUT2D eigenvalue weighted by atomic mass is 10.1. The third-order valence-electron chi connectivity index (χ3n) is 5.20. The monoisotopic (exact) mass is 407 g/mol. The summed E-state index contributed by atoms with van der Waals surface area (Å²) in [5.41, 5.74) is 3.06. The van der Waals surface area contributed by atoms with E-state index in [1.807, 2.05) is 54.3 Å². The van der Waals surface area contributed by atoms with E-state index in [0.29, 0.717) is 0 Å². The Bertz CT molecular complexity index is 962. The Morgan fingerprint density at radius 1 is 1.03 bits per heavy atom. The molecule has 0 unspecified atom stereocenters. The smallest absolute Gasteiger partial charge is 0.266 e. The van der Waals surface area contributed by atoms with Crippen molar-refractivity contribution < 1.29 is 9.53 Å². The van der Waals surface area contributed by atoms with E-state index < -0.39 is 0 Å². The van der Waals surface area contributed by atoms with E-state index in [2.05, 4.69) is 22.0 Å². The number of thiazole rings is 1. The minimum atomic E-state index is 0.0959. The van der Waals surface area contributed by atoms with Crippen LogP contribution in [0.5, 0.6) is 5.75 Å². The van der Waals surface area contributed by atoms with Crippen molar-refractivity contribution in [1.29, 1.82) is 0 Å². The maximum Gasteiger partial charge on any atom is 0.266 e. The zero-order chi connectivity index (χ0) is 20.2. The molecule has 150 valence electrons. The predicted molar refractivity (Wildman–Crippen MR) is 116 cm³/mol. The van der Waals surface area contributed by atoms with Crippen LogP contribution in [-0.4, -0.2) is 54.0 Å². The summed E-state index contributed by atoms with van der Waals surface area (Å²) in [6.07, 6.45) is 0. The number of piperazine rings is 1. The first-order valence-corrected chi connectivity index (χ1v) is 10.6. The summed E-state index contributed by atoms with van der Waals surface area (Å²) in [6.45, 7) is 6.06. The van der Waals surface area contributed by atoms with Crippen LogP contribution >= 0.6 is 11.3 Å². The van der Waals surface area contributed by atoms with Gasteiger partial charge in [-0.2, -0.15) is 0 Å². The molecule has 6 heteroatoms. The van der Waals surface area contributed by atoms with Crippen molar-refractivity contribution in [2.24, 2.45) is 0 Å². The summed E-state index contributed by atoms with van der Waals surface area (Å²) in [5.74, 6) is 0.969. The molecule has 0 aliphatic carbocycles. The van der Waals surface area contributed by atoms with Gasteiger partial charge in [-0.3, -0.25) is 9.69 Å². The molecule has 1 saturated heterocycles. The van der Waals surface area contributed by atoms with Crippen molar-refractivity contribution in [3.8, 4) is 17.0 Å². The van der Waals surface area contributed by atoms with Crippen LogP contribution < -0.4 is 4.74 Å². The van der Waals surface area contributed by atoms with Gasteiger partial charge in [0.05, 0.1) is 17.8 Å². The van der Waals surface area contributed by atoms with Crippen LogP contribution in [0.25, 0.3) is 11.3 Å². The molecule has 5 nitrogen and oxygen atoms in total. The molecule has 29 heavy (non-hydrogen) atoms. The molecule has 1 aliphatic heterocycles. The Labute approximate surface area is 175 Å². The largest absolute Gasteiger partial charge is 0.497 e. The number of rotatable bonds is 5. The Morgan fingerprint density at radius 3 is 2.38 bits per heavy atom. The molecule has 1 aliphatic rings. The number of carbonyl (C=O) groups is 1. The van der Waals surface area contributed by atoms with Crippen LogP contribution in [0.2, 0.25) is 0 Å². The SMILES string of the molecule is COc1ccc(CN2CCN(C(=O)c3sc(C)nc3-c3ccccc3)CC2)cc1. The van der Waals surface area contributed by atoms with Gasteiger partial charge in [-0.05, 0) is 24.6 Å². The van der Waals surface area contributed by atoms with Crippen molar-refractivity contribution in [3.05, 3.63) is 70.0 Å². The van der Waals surface area contributed by atoms with Gasteiger partial charge in [-0.25, -0.2) is 4.98 Å². The second-order valence-electron chi connectivity index (χ2n) is 7.19. The summed E-state index contributed by atoms with van der Waals surface area (Å²) in [6, 6.07) is 18.2. The van der Waals surface area contributed by atoms with Gasteiger partial charge in [0.25, 0.3) is 5.91 Å². The van der Waals surface area contributed by atoms with Crippen LogP contribution in [0.3, 0.4) is 0 Å². The molecule has 1 amide bonds. The number of ether oxygens (including phenoxy) is 1. The van der Waals surface area contributed by atoms with E-state index in [4.69, 9.17) is 4.74 Å². The maximum absolute atomic E-state index is 13.2. The highest BCUT2D eigenvalue weighted by molar-refractivity contribution is 7.14. The molecule has 1 aromatic heterocycles. The lowest BCUT2D eigenvalue weighted by Gasteiger charge is -2.34. The fraction of sp³-hybridized carbons (Fsp3) is 0.304. The third kappa shape index (κ3) is 4.49. The Hall–Kier alpha value is -2.70. The number of amides is 1. The second-order valence-corrected chi connectivity index (χ2v) is 8.40. The normalized spacial score (nSPS) is 14.8. The summed E-state index contributed by atoms with van der Waals surface area (Å²) >= 11 is 1.49. The van der Waals surface area contributed by atoms with Gasteiger partial charge in [-0.1, -0.05) is 42.5 Å². The number of hydrogen-bond acceptors (Lipinski definition) is 5. The minimum absolute atomic E-state index is 0.0959. The average Bonchev–Trinajstić information content (AvgIpc) is 3.16. The molecule has 2 aromatic carbocycles. The molecule has 0 atom stereocenters. The van der Waals surface area contributed by atoms with Crippen LogP contribution in [-0.2, 0) is 6.54 Å². The number of carbonyl (C=O) groups excluding carboxylic acids is 1. The lowest BCUT2D eigenvalue weighted by molar-refractivity contribution is 0.0633. The van der Waals surface area contributed by atoms with Gasteiger partial charge in [0.1, 0.15) is 10.6 Å². The van der Waals surface area contributed by atoms with Gasteiger partial charge in [0.2, 0.25) is 0 Å². The Kier molecular flexibility index (Phi) is 5.92. The van der Waals surface area contributed by atoms with Crippen molar-refractivity contribution in [3.63, 3.8) is 0 Å². The highest BCUT2D eigenvalue weighted by Gasteiger charge is 2.26. The van der Waals surface area contributed by atoms with E-state index in [9.17, 15) is 4.79 Å². The first-order chi connectivity index (χ1) is 14.1. The third-order valence-corrected chi connectivity index (χ3v) is 6.16. The highest BCUT2D eigenvalue weighted by Crippen LogP contribution is 2.29. The quantitative estimate of drug-likeness (QED) is 0.639. The van der Waals surface area contributed by atoms with E-state index in [0.717, 1.165) is 59.6 Å². The highest BCUT2D eigenvalue weighted by atomic mass is 32.1. The van der Waals surface area contributed by atoms with Crippen molar-refractivity contribution in [2.45, 2.75) is 13.5 Å². The topological polar surface area (TPSA) is 45.7 Å². The van der Waals surface area contributed by atoms with E-state index in [1.165, 1.54) is 16.9 Å². The van der Waals surface area contributed by atoms with E-state index >= 15 is 0 Å². The van der Waals surface area contributed by atoms with E-state index in [1.54, 1.807) is 7.11 Å². The molecule has 4 rings (SSSR count). The molecule has 2 heterocycles. The van der Waals surface area contributed by atoms with Crippen molar-refractivity contribution >= 4 is 17.2 Å². The summed E-state index contributed by atoms with van der Waals surface area (Å²) in [4.78, 5) is 22.9. The summed E-state index contributed by atoms with van der Waals surface area (Å²) in [7, 11) is 1.68. The zero-order valence-electron chi connectivity index (χ0n) is 16.8. The van der Waals surface area contributed by atoms with Crippen LogP contribution in [0, 0.1) is 6.92 Å². The number of aromatic nitrogens is 1. The van der Waals surface area contributed by atoms with Crippen LogP contribution in [0.4, 0.5) is 0 Å². The van der Waals surface area contributed by atoms with E-state index in [-0.39, 0.29) is 5.91 Å². The molecular weight excluding hydrogens is 382 g/mol. The first-order valence-electron chi connectivity index (χ1n) is 9.81. The summed E-state index contributed by atoms with van der Waals surface area (Å²) in [5, 5.41) is 0.922. The molecule has 1 fully saturated rings. The lowest BCUT2D eigenvalue weighted by Crippen LogP contribution is -2.48. The molecular formula is C23H25N3O2S. The molecule has 0 N–H and O–H groups in total. The number of benzene rings is 2. The Morgan fingerprint density at radius 2 is 1.72 bits per heavy atom. The predicted octanol–water partition coefficient (Wildman–Crippen LogP) is 4.09. The van der Waals surface area contributed by atoms with Gasteiger partial charge in [0.15, 0.2) is 0 Å². The second kappa shape index (κ2) is 8.76. The number of hydrogen-bond donors (Lipinski definition) is 0. The van der Waals surface area contributed by atoms with Crippen molar-refractivity contribution in [1.82, 2.24) is 14.8 Å². The molecule has 0 radical (unpaired) electrons. The van der Waals surface area contributed by atoms with Gasteiger partial charge < -0.3 is 9.64 Å². The average molecular weight is 408 g/mol. The number of nitrogens with zero attached hydrogens (tertiary/aromatic N) is 3. The minimum Gasteiger partial charge on any atom is -0.497 e. The number of methoxy groups -OCH3 is 1. The fourth-order valence-electron chi connectivity index (χ4n) is 3.61. The van der Waals surface area contributed by atoms with Gasteiger partial charge >= 0.3 is 0 Å². The standard InChI is InChI=1S/C23H25N3O2S/c1-17-24-21(19-6-4-3-5-7-19)22(29-17)23(27)26-14-12-25(13-15-26)16-18-8-10-20(28-2)11-9-18/h3-11H,12-16H2,1-2H3. The van der Waals surface area contributed by atoms with Gasteiger partial charge in [0, 0.05) is 38.3 Å². The van der Waals surface area contributed by atoms with Crippen molar-refractivity contribution in [2.75, 3.05) is 33.3 Å². The Balaban J connectivity index is 1.40. The summed E-state index contributed by atoms with van der Waals surface area (Å²) < 4.78 is 5.22. The maximum atomic E-state index is 13.2. The molecule has 0 bridgehead atoms. The van der Waals surface area contributed by atoms with Crippen LogP contribution in [0.15, 0.2) is 54.6 Å². The van der Waals surface area contributed by atoms with Crippen LogP contribution in [0.1, 0.15) is 20.2 Å². The number of aryl methyl sites for hydroxylation is 1. The zero-order valence-corrected chi connectivity index (χ0v) is 17.6. The molecule has 3 aromatic rings. The molecule has 0 saturated carbocycles. The molecule has 0 spiro atoms. The fourth-order valence-corrected chi connectivity index (χ4v) is 4.51. The first kappa shape index (κ1) is 19.6.